The van der Waals surface area contributed by atoms with Crippen molar-refractivity contribution in [1.82, 2.24) is 0 Å². The van der Waals surface area contributed by atoms with Crippen LogP contribution in [0.25, 0.3) is 0 Å². The predicted molar refractivity (Wildman–Crippen MR) is 80.8 cm³/mol. The van der Waals surface area contributed by atoms with E-state index in [-0.39, 0.29) is 0 Å². The van der Waals surface area contributed by atoms with Crippen LogP contribution in [0.3, 0.4) is 0 Å². The molecule has 1 atom stereocenters. The number of hydrogen-bond acceptors (Lipinski definition) is 1. The number of benzene rings is 2. The lowest BCUT2D eigenvalue weighted by molar-refractivity contribution is 0.414. The normalized spacial score (nSPS) is 12.1. The summed E-state index contributed by atoms with van der Waals surface area (Å²) in [6, 6.07) is 19.3. The lowest BCUT2D eigenvalue weighted by Gasteiger charge is -2.18. The first-order chi connectivity index (χ1) is 9.35. The minimum Gasteiger partial charge on any atom is -0.497 e. The largest absolute Gasteiger partial charge is 0.497 e. The van der Waals surface area contributed by atoms with Gasteiger partial charge >= 0.3 is 0 Å². The molecular weight excluding hydrogens is 232 g/mol. The number of ether oxygens (including phenoxy) is 1. The predicted octanol–water partition coefficient (Wildman–Crippen LogP) is 5.02. The van der Waals surface area contributed by atoms with Crippen LogP contribution in [0, 0.1) is 0 Å². The van der Waals surface area contributed by atoms with Crippen molar-refractivity contribution in [1.29, 1.82) is 0 Å². The third-order valence-corrected chi connectivity index (χ3v) is 3.57. The second-order valence-corrected chi connectivity index (χ2v) is 4.88. The van der Waals surface area contributed by atoms with Crippen LogP contribution >= 0.6 is 0 Å². The molecule has 2 aromatic rings. The Labute approximate surface area is 116 Å². The summed E-state index contributed by atoms with van der Waals surface area (Å²) < 4.78 is 5.24. The third-order valence-electron chi connectivity index (χ3n) is 3.57. The first-order valence-electron chi connectivity index (χ1n) is 7.04. The van der Waals surface area contributed by atoms with Crippen LogP contribution in [0.4, 0.5) is 0 Å². The summed E-state index contributed by atoms with van der Waals surface area (Å²) in [4.78, 5) is 0. The summed E-state index contributed by atoms with van der Waals surface area (Å²) in [5.74, 6) is 1.41. The molecule has 0 unspecified atom stereocenters. The second-order valence-electron chi connectivity index (χ2n) is 4.88. The van der Waals surface area contributed by atoms with Crippen molar-refractivity contribution in [3.63, 3.8) is 0 Å². The van der Waals surface area contributed by atoms with Gasteiger partial charge < -0.3 is 4.74 Å². The molecule has 0 amide bonds. The highest BCUT2D eigenvalue weighted by atomic mass is 16.5. The Kier molecular flexibility index (Phi) is 5.02. The van der Waals surface area contributed by atoms with Crippen molar-refractivity contribution in [3.05, 3.63) is 65.7 Å². The summed E-state index contributed by atoms with van der Waals surface area (Å²) in [5.41, 5.74) is 2.78. The van der Waals surface area contributed by atoms with Gasteiger partial charge in [0.1, 0.15) is 5.75 Å². The highest BCUT2D eigenvalue weighted by molar-refractivity contribution is 5.35. The maximum atomic E-state index is 5.24. The zero-order valence-electron chi connectivity index (χ0n) is 11.8. The molecule has 0 saturated carbocycles. The van der Waals surface area contributed by atoms with E-state index in [9.17, 15) is 0 Å². The van der Waals surface area contributed by atoms with E-state index in [4.69, 9.17) is 4.74 Å². The van der Waals surface area contributed by atoms with Crippen LogP contribution < -0.4 is 4.74 Å². The summed E-state index contributed by atoms with van der Waals surface area (Å²) >= 11 is 0. The Balaban J connectivity index is 2.26. The molecule has 2 aromatic carbocycles. The Hall–Kier alpha value is -1.76. The van der Waals surface area contributed by atoms with E-state index >= 15 is 0 Å². The fourth-order valence-corrected chi connectivity index (χ4v) is 2.46. The van der Waals surface area contributed by atoms with Crippen LogP contribution in [0.1, 0.15) is 43.2 Å². The Morgan fingerprint density at radius 3 is 2.11 bits per heavy atom. The van der Waals surface area contributed by atoms with Gasteiger partial charge in [0.05, 0.1) is 7.11 Å². The Morgan fingerprint density at radius 1 is 0.895 bits per heavy atom. The molecule has 0 aliphatic rings. The first kappa shape index (κ1) is 13.7. The Bertz CT molecular complexity index is 473. The van der Waals surface area contributed by atoms with E-state index in [1.54, 1.807) is 7.11 Å². The van der Waals surface area contributed by atoms with Crippen LogP contribution in [0.5, 0.6) is 5.75 Å². The minimum absolute atomic E-state index is 0.493. The average Bonchev–Trinajstić information content (AvgIpc) is 2.49. The van der Waals surface area contributed by atoms with Gasteiger partial charge in [0, 0.05) is 5.92 Å². The fraction of sp³-hybridized carbons (Fsp3) is 0.333. The van der Waals surface area contributed by atoms with Crippen LogP contribution in [-0.2, 0) is 0 Å². The minimum atomic E-state index is 0.493. The van der Waals surface area contributed by atoms with Crippen molar-refractivity contribution < 1.29 is 4.74 Å². The molecule has 0 heterocycles. The highest BCUT2D eigenvalue weighted by Crippen LogP contribution is 2.30. The number of unbranched alkanes of at least 4 members (excludes halogenated alkanes) is 1. The van der Waals surface area contributed by atoms with Crippen molar-refractivity contribution in [2.45, 2.75) is 32.1 Å². The van der Waals surface area contributed by atoms with Gasteiger partial charge in [-0.2, -0.15) is 0 Å². The standard InChI is InChI=1S/C18H22O/c1-3-4-10-18(15-8-6-5-7-9-15)16-11-13-17(19-2)14-12-16/h5-9,11-14,18H,3-4,10H2,1-2H3/t18-/m0/s1. The number of hydrogen-bond donors (Lipinski definition) is 0. The summed E-state index contributed by atoms with van der Waals surface area (Å²) in [6.45, 7) is 2.25. The first-order valence-corrected chi connectivity index (χ1v) is 7.04. The van der Waals surface area contributed by atoms with Crippen molar-refractivity contribution in [3.8, 4) is 5.75 Å². The van der Waals surface area contributed by atoms with Crippen molar-refractivity contribution >= 4 is 0 Å². The van der Waals surface area contributed by atoms with Crippen molar-refractivity contribution in [2.75, 3.05) is 7.11 Å². The molecule has 0 radical (unpaired) electrons. The molecule has 0 fully saturated rings. The molecule has 19 heavy (non-hydrogen) atoms. The van der Waals surface area contributed by atoms with Gasteiger partial charge in [-0.15, -0.1) is 0 Å². The molecule has 0 aliphatic carbocycles. The van der Waals surface area contributed by atoms with E-state index in [0.29, 0.717) is 5.92 Å². The SMILES string of the molecule is CCCC[C@@H](c1ccccc1)c1ccc(OC)cc1. The lowest BCUT2D eigenvalue weighted by Crippen LogP contribution is -2.01. The molecule has 0 aliphatic heterocycles. The molecule has 100 valence electrons. The Morgan fingerprint density at radius 2 is 1.53 bits per heavy atom. The third kappa shape index (κ3) is 3.60. The molecular formula is C18H22O. The van der Waals surface area contributed by atoms with E-state index < -0.39 is 0 Å². The summed E-state index contributed by atoms with van der Waals surface area (Å²) in [5, 5.41) is 0. The molecule has 1 heteroatoms. The second kappa shape index (κ2) is 6.98. The van der Waals surface area contributed by atoms with Gasteiger partial charge in [0.25, 0.3) is 0 Å². The van der Waals surface area contributed by atoms with Gasteiger partial charge in [-0.05, 0) is 29.7 Å². The van der Waals surface area contributed by atoms with E-state index in [2.05, 4.69) is 61.5 Å². The van der Waals surface area contributed by atoms with Crippen molar-refractivity contribution in [2.24, 2.45) is 0 Å². The summed E-state index contributed by atoms with van der Waals surface area (Å²) in [7, 11) is 1.71. The molecule has 0 bridgehead atoms. The zero-order valence-corrected chi connectivity index (χ0v) is 11.8. The van der Waals surface area contributed by atoms with Gasteiger partial charge in [-0.25, -0.2) is 0 Å². The highest BCUT2D eigenvalue weighted by Gasteiger charge is 2.13. The quantitative estimate of drug-likeness (QED) is 0.703. The molecule has 0 spiro atoms. The van der Waals surface area contributed by atoms with Crippen LogP contribution in [-0.4, -0.2) is 7.11 Å². The maximum absolute atomic E-state index is 5.24. The number of rotatable bonds is 6. The van der Waals surface area contributed by atoms with E-state index in [0.717, 1.165) is 5.75 Å². The monoisotopic (exact) mass is 254 g/mol. The molecule has 0 saturated heterocycles. The fourth-order valence-electron chi connectivity index (χ4n) is 2.46. The van der Waals surface area contributed by atoms with Crippen LogP contribution in [0.2, 0.25) is 0 Å². The molecule has 2 rings (SSSR count). The maximum Gasteiger partial charge on any atom is 0.118 e. The van der Waals surface area contributed by atoms with Crippen LogP contribution in [0.15, 0.2) is 54.6 Å². The number of methoxy groups -OCH3 is 1. The zero-order chi connectivity index (χ0) is 13.5. The molecule has 0 N–H and O–H groups in total. The smallest absolute Gasteiger partial charge is 0.118 e. The summed E-state index contributed by atoms with van der Waals surface area (Å²) in [6.07, 6.45) is 3.69. The van der Waals surface area contributed by atoms with Gasteiger partial charge in [-0.3, -0.25) is 0 Å². The molecule has 0 aromatic heterocycles. The average molecular weight is 254 g/mol. The van der Waals surface area contributed by atoms with E-state index in [1.165, 1.54) is 30.4 Å². The van der Waals surface area contributed by atoms with Gasteiger partial charge in [-0.1, -0.05) is 62.2 Å². The van der Waals surface area contributed by atoms with Gasteiger partial charge in [0.2, 0.25) is 0 Å². The topological polar surface area (TPSA) is 9.23 Å². The lowest BCUT2D eigenvalue weighted by atomic mass is 9.87. The van der Waals surface area contributed by atoms with Gasteiger partial charge in [0.15, 0.2) is 0 Å². The van der Waals surface area contributed by atoms with E-state index in [1.807, 2.05) is 0 Å². The molecule has 1 nitrogen and oxygen atoms in total.